The molecule has 134 valence electrons. The predicted octanol–water partition coefficient (Wildman–Crippen LogP) is 1.93. The van der Waals surface area contributed by atoms with Gasteiger partial charge < -0.3 is 14.7 Å². The highest BCUT2D eigenvalue weighted by molar-refractivity contribution is 7.13. The van der Waals surface area contributed by atoms with Crippen molar-refractivity contribution >= 4 is 23.2 Å². The van der Waals surface area contributed by atoms with E-state index in [2.05, 4.69) is 16.8 Å². The van der Waals surface area contributed by atoms with Crippen molar-refractivity contribution in [3.63, 3.8) is 0 Å². The van der Waals surface area contributed by atoms with Gasteiger partial charge in [0.25, 0.3) is 5.91 Å². The van der Waals surface area contributed by atoms with Crippen LogP contribution < -0.4 is 0 Å². The van der Waals surface area contributed by atoms with Gasteiger partial charge in [0.1, 0.15) is 5.01 Å². The molecular formula is C19H18N2O4S. The molecule has 26 heavy (non-hydrogen) atoms. The van der Waals surface area contributed by atoms with Crippen molar-refractivity contribution in [3.05, 3.63) is 40.9 Å². The molecule has 1 aromatic carbocycles. The Bertz CT molecular complexity index is 912. The molecule has 7 heteroatoms. The van der Waals surface area contributed by atoms with E-state index in [0.717, 1.165) is 5.56 Å². The molecule has 1 aliphatic heterocycles. The van der Waals surface area contributed by atoms with Crippen molar-refractivity contribution in [2.75, 3.05) is 20.2 Å². The molecule has 2 aromatic rings. The molecule has 1 aromatic heterocycles. The van der Waals surface area contributed by atoms with Crippen LogP contribution >= 0.6 is 11.3 Å². The zero-order chi connectivity index (χ0) is 18.7. The molecule has 1 unspecified atom stereocenters. The molecule has 0 radical (unpaired) electrons. The fraction of sp³-hybridized carbons (Fsp3) is 0.316. The Morgan fingerprint density at radius 3 is 3.00 bits per heavy atom. The van der Waals surface area contributed by atoms with E-state index >= 15 is 0 Å². The summed E-state index contributed by atoms with van der Waals surface area (Å²) in [5.41, 5.74) is 0.117. The van der Waals surface area contributed by atoms with Crippen molar-refractivity contribution in [2.24, 2.45) is 0 Å². The molecule has 1 saturated heterocycles. The van der Waals surface area contributed by atoms with E-state index in [9.17, 15) is 14.7 Å². The number of benzene rings is 1. The Balaban J connectivity index is 1.83. The van der Waals surface area contributed by atoms with Gasteiger partial charge in [-0.25, -0.2) is 9.78 Å². The molecule has 1 atom stereocenters. The van der Waals surface area contributed by atoms with Crippen LogP contribution in [0.15, 0.2) is 29.6 Å². The van der Waals surface area contributed by atoms with Gasteiger partial charge in [0.15, 0.2) is 5.69 Å². The normalized spacial score (nSPS) is 19.2. The van der Waals surface area contributed by atoms with Crippen LogP contribution in [0.3, 0.4) is 0 Å². The molecule has 1 N–H and O–H groups in total. The Morgan fingerprint density at radius 1 is 1.50 bits per heavy atom. The van der Waals surface area contributed by atoms with Gasteiger partial charge in [-0.05, 0) is 19.1 Å². The van der Waals surface area contributed by atoms with Crippen molar-refractivity contribution < 1.29 is 19.4 Å². The SMILES string of the molecule is CCOC(=O)c1csc(-c2cccc(C#CC3(O)CCN(C)C3=O)c2)n1. The first-order valence-electron chi connectivity index (χ1n) is 8.17. The number of amides is 1. The zero-order valence-electron chi connectivity index (χ0n) is 14.5. The minimum atomic E-state index is -1.62. The molecule has 1 aliphatic rings. The number of likely N-dealkylation sites (N-methyl/N-ethyl adjacent to an activating group) is 1. The molecule has 1 fully saturated rings. The molecule has 3 rings (SSSR count). The number of esters is 1. The van der Waals surface area contributed by atoms with Crippen LogP contribution in [0.1, 0.15) is 29.4 Å². The van der Waals surface area contributed by atoms with E-state index in [1.165, 1.54) is 16.2 Å². The Hall–Kier alpha value is -2.69. The standard InChI is InChI=1S/C19H18N2O4S/c1-3-25-17(22)15-12-26-16(20-15)14-6-4-5-13(11-14)7-8-19(24)9-10-21(2)18(19)23/h4-6,11-12,24H,3,9-10H2,1-2H3. The summed E-state index contributed by atoms with van der Waals surface area (Å²) in [5, 5.41) is 12.7. The number of carbonyl (C=O) groups is 2. The number of likely N-dealkylation sites (tertiary alicyclic amines) is 1. The molecule has 0 aliphatic carbocycles. The van der Waals surface area contributed by atoms with Gasteiger partial charge >= 0.3 is 5.97 Å². The third kappa shape index (κ3) is 3.62. The molecule has 1 amide bonds. The van der Waals surface area contributed by atoms with Crippen molar-refractivity contribution in [1.82, 2.24) is 9.88 Å². The molecule has 6 nitrogen and oxygen atoms in total. The average molecular weight is 370 g/mol. The fourth-order valence-corrected chi connectivity index (χ4v) is 3.37. The summed E-state index contributed by atoms with van der Waals surface area (Å²) >= 11 is 1.34. The second-order valence-electron chi connectivity index (χ2n) is 5.93. The first kappa shape index (κ1) is 18.1. The Kier molecular flexibility index (Phi) is 5.07. The number of hydrogen-bond donors (Lipinski definition) is 1. The summed E-state index contributed by atoms with van der Waals surface area (Å²) in [6.07, 6.45) is 0.296. The number of aromatic nitrogens is 1. The fourth-order valence-electron chi connectivity index (χ4n) is 2.58. The number of nitrogens with zero attached hydrogens (tertiary/aromatic N) is 2. The first-order valence-corrected chi connectivity index (χ1v) is 9.05. The van der Waals surface area contributed by atoms with Crippen LogP contribution in [0.25, 0.3) is 10.6 Å². The highest BCUT2D eigenvalue weighted by atomic mass is 32.1. The lowest BCUT2D eigenvalue weighted by Crippen LogP contribution is -2.37. The third-order valence-corrected chi connectivity index (χ3v) is 4.91. The predicted molar refractivity (Wildman–Crippen MR) is 97.6 cm³/mol. The van der Waals surface area contributed by atoms with Crippen LogP contribution in [0.5, 0.6) is 0 Å². The number of hydrogen-bond acceptors (Lipinski definition) is 6. The smallest absolute Gasteiger partial charge is 0.357 e. The van der Waals surface area contributed by atoms with Crippen molar-refractivity contribution in [3.8, 4) is 22.4 Å². The molecule has 2 heterocycles. The van der Waals surface area contributed by atoms with E-state index in [1.807, 2.05) is 18.2 Å². The maximum Gasteiger partial charge on any atom is 0.357 e. The van der Waals surface area contributed by atoms with Gasteiger partial charge in [-0.2, -0.15) is 0 Å². The Morgan fingerprint density at radius 2 is 2.31 bits per heavy atom. The van der Waals surface area contributed by atoms with E-state index in [0.29, 0.717) is 30.1 Å². The van der Waals surface area contributed by atoms with Crippen LogP contribution in [-0.4, -0.2) is 52.7 Å². The van der Waals surface area contributed by atoms with Gasteiger partial charge in [0.2, 0.25) is 5.60 Å². The minimum Gasteiger partial charge on any atom is -0.461 e. The maximum atomic E-state index is 12.0. The largest absolute Gasteiger partial charge is 0.461 e. The maximum absolute atomic E-state index is 12.0. The summed E-state index contributed by atoms with van der Waals surface area (Å²) in [5.74, 6) is 4.75. The number of ether oxygens (including phenoxy) is 1. The van der Waals surface area contributed by atoms with Crippen LogP contribution in [0.4, 0.5) is 0 Å². The minimum absolute atomic E-state index is 0.275. The molecule has 0 bridgehead atoms. The zero-order valence-corrected chi connectivity index (χ0v) is 15.3. The summed E-state index contributed by atoms with van der Waals surface area (Å²) in [7, 11) is 1.65. The Labute approximate surface area is 155 Å². The summed E-state index contributed by atoms with van der Waals surface area (Å²) < 4.78 is 4.95. The molecule has 0 spiro atoms. The number of rotatable bonds is 3. The van der Waals surface area contributed by atoms with Crippen LogP contribution in [0.2, 0.25) is 0 Å². The molecule has 0 saturated carbocycles. The molecular weight excluding hydrogens is 352 g/mol. The van der Waals surface area contributed by atoms with E-state index in [1.54, 1.807) is 25.4 Å². The summed E-state index contributed by atoms with van der Waals surface area (Å²) in [6, 6.07) is 7.29. The van der Waals surface area contributed by atoms with Crippen LogP contribution in [0, 0.1) is 11.8 Å². The van der Waals surface area contributed by atoms with Gasteiger partial charge in [-0.1, -0.05) is 24.0 Å². The monoisotopic (exact) mass is 370 g/mol. The van der Waals surface area contributed by atoms with E-state index < -0.39 is 11.6 Å². The van der Waals surface area contributed by atoms with E-state index in [-0.39, 0.29) is 11.6 Å². The highest BCUT2D eigenvalue weighted by Gasteiger charge is 2.42. The third-order valence-electron chi connectivity index (χ3n) is 4.02. The second kappa shape index (κ2) is 7.28. The number of carbonyl (C=O) groups excluding carboxylic acids is 2. The van der Waals surface area contributed by atoms with Crippen LogP contribution in [-0.2, 0) is 9.53 Å². The second-order valence-corrected chi connectivity index (χ2v) is 6.78. The highest BCUT2D eigenvalue weighted by Crippen LogP contribution is 2.25. The lowest BCUT2D eigenvalue weighted by atomic mass is 10.0. The lowest BCUT2D eigenvalue weighted by molar-refractivity contribution is -0.137. The number of thiazole rings is 1. The summed E-state index contributed by atoms with van der Waals surface area (Å²) in [4.78, 5) is 29.5. The van der Waals surface area contributed by atoms with Gasteiger partial charge in [-0.3, -0.25) is 4.79 Å². The van der Waals surface area contributed by atoms with Gasteiger partial charge in [0.05, 0.1) is 6.61 Å². The van der Waals surface area contributed by atoms with Crippen molar-refractivity contribution in [2.45, 2.75) is 18.9 Å². The van der Waals surface area contributed by atoms with Gasteiger partial charge in [0, 0.05) is 36.5 Å². The first-order chi connectivity index (χ1) is 12.4. The number of aliphatic hydroxyl groups is 1. The quantitative estimate of drug-likeness (QED) is 0.660. The lowest BCUT2D eigenvalue weighted by Gasteiger charge is -2.13. The topological polar surface area (TPSA) is 79.7 Å². The van der Waals surface area contributed by atoms with Gasteiger partial charge in [-0.15, -0.1) is 11.3 Å². The summed E-state index contributed by atoms with van der Waals surface area (Å²) in [6.45, 7) is 2.53. The van der Waals surface area contributed by atoms with Crippen molar-refractivity contribution in [1.29, 1.82) is 0 Å². The average Bonchev–Trinajstić information content (AvgIpc) is 3.23. The van der Waals surface area contributed by atoms with E-state index in [4.69, 9.17) is 4.74 Å².